The molecule has 0 saturated heterocycles. The summed E-state index contributed by atoms with van der Waals surface area (Å²) in [7, 11) is 0. The van der Waals surface area contributed by atoms with Crippen LogP contribution in [-0.2, 0) is 4.79 Å². The lowest BCUT2D eigenvalue weighted by atomic mass is 10.1. The second kappa shape index (κ2) is 8.23. The number of carbonyl (C=O) groups excluding carboxylic acids is 1. The molecule has 7 nitrogen and oxygen atoms in total. The number of rotatable bonds is 5. The number of aryl methyl sites for hydroxylation is 2. The van der Waals surface area contributed by atoms with E-state index in [0.717, 1.165) is 22.2 Å². The van der Waals surface area contributed by atoms with Crippen molar-refractivity contribution in [1.82, 2.24) is 4.98 Å². The van der Waals surface area contributed by atoms with Crippen molar-refractivity contribution in [2.75, 3.05) is 5.32 Å². The Morgan fingerprint density at radius 2 is 1.84 bits per heavy atom. The van der Waals surface area contributed by atoms with Crippen LogP contribution >= 0.6 is 0 Å². The van der Waals surface area contributed by atoms with Gasteiger partial charge in [-0.25, -0.2) is 4.98 Å². The first-order valence-corrected chi connectivity index (χ1v) is 9.61. The van der Waals surface area contributed by atoms with Gasteiger partial charge in [0, 0.05) is 29.5 Å². The van der Waals surface area contributed by atoms with E-state index < -0.39 is 4.92 Å². The van der Waals surface area contributed by atoms with Crippen molar-refractivity contribution >= 4 is 34.5 Å². The van der Waals surface area contributed by atoms with Crippen molar-refractivity contribution in [3.8, 4) is 11.5 Å². The summed E-state index contributed by atoms with van der Waals surface area (Å²) in [5.74, 6) is 0.121. The number of carbonyl (C=O) groups is 1. The maximum Gasteiger partial charge on any atom is 0.270 e. The predicted octanol–water partition coefficient (Wildman–Crippen LogP) is 5.67. The molecule has 7 heteroatoms. The number of non-ortho nitro benzene ring substituents is 1. The van der Waals surface area contributed by atoms with Gasteiger partial charge in [-0.1, -0.05) is 18.2 Å². The third-order valence-corrected chi connectivity index (χ3v) is 4.89. The summed E-state index contributed by atoms with van der Waals surface area (Å²) in [4.78, 5) is 27.2. The number of nitrogens with zero attached hydrogens (tertiary/aromatic N) is 2. The zero-order valence-electron chi connectivity index (χ0n) is 17.0. The average molecular weight is 413 g/mol. The Morgan fingerprint density at radius 3 is 2.65 bits per heavy atom. The van der Waals surface area contributed by atoms with E-state index in [4.69, 9.17) is 4.42 Å². The van der Waals surface area contributed by atoms with Crippen LogP contribution in [-0.4, -0.2) is 15.8 Å². The van der Waals surface area contributed by atoms with Gasteiger partial charge in [-0.15, -0.1) is 0 Å². The van der Waals surface area contributed by atoms with E-state index in [2.05, 4.69) is 10.3 Å². The molecule has 1 amide bonds. The SMILES string of the molecule is Cc1cc2nc(-c3cccc(NC(=O)C=Cc4cccc([N+](=O)[O-])c4)c3)oc2cc1C. The Bertz CT molecular complexity index is 1300. The summed E-state index contributed by atoms with van der Waals surface area (Å²) in [6, 6.07) is 17.2. The number of aromatic nitrogens is 1. The van der Waals surface area contributed by atoms with E-state index in [-0.39, 0.29) is 11.6 Å². The van der Waals surface area contributed by atoms with Crippen LogP contribution in [0, 0.1) is 24.0 Å². The fraction of sp³-hybridized carbons (Fsp3) is 0.0833. The smallest absolute Gasteiger partial charge is 0.270 e. The largest absolute Gasteiger partial charge is 0.436 e. The predicted molar refractivity (Wildman–Crippen MR) is 120 cm³/mol. The molecule has 4 aromatic rings. The number of oxazole rings is 1. The first-order valence-electron chi connectivity index (χ1n) is 9.61. The number of benzene rings is 3. The second-order valence-electron chi connectivity index (χ2n) is 7.18. The molecule has 154 valence electrons. The zero-order chi connectivity index (χ0) is 22.0. The van der Waals surface area contributed by atoms with E-state index in [0.29, 0.717) is 22.7 Å². The normalized spacial score (nSPS) is 11.2. The van der Waals surface area contributed by atoms with Crippen molar-refractivity contribution in [3.05, 3.63) is 93.5 Å². The number of nitro groups is 1. The zero-order valence-corrected chi connectivity index (χ0v) is 17.0. The maximum atomic E-state index is 12.3. The minimum atomic E-state index is -0.475. The first-order chi connectivity index (χ1) is 14.9. The van der Waals surface area contributed by atoms with Gasteiger partial charge in [-0.05, 0) is 66.9 Å². The minimum absolute atomic E-state index is 0.0287. The fourth-order valence-corrected chi connectivity index (χ4v) is 3.13. The Morgan fingerprint density at radius 1 is 1.06 bits per heavy atom. The molecule has 0 aliphatic carbocycles. The van der Waals surface area contributed by atoms with Crippen molar-refractivity contribution in [2.24, 2.45) is 0 Å². The maximum absolute atomic E-state index is 12.3. The molecule has 4 rings (SSSR count). The molecule has 0 spiro atoms. The number of hydrogen-bond acceptors (Lipinski definition) is 5. The highest BCUT2D eigenvalue weighted by atomic mass is 16.6. The summed E-state index contributed by atoms with van der Waals surface area (Å²) in [6.45, 7) is 4.05. The molecular weight excluding hydrogens is 394 g/mol. The van der Waals surface area contributed by atoms with Crippen molar-refractivity contribution in [1.29, 1.82) is 0 Å². The molecule has 0 bridgehead atoms. The summed E-state index contributed by atoms with van der Waals surface area (Å²) >= 11 is 0. The fourth-order valence-electron chi connectivity index (χ4n) is 3.13. The second-order valence-corrected chi connectivity index (χ2v) is 7.18. The van der Waals surface area contributed by atoms with Gasteiger partial charge in [0.15, 0.2) is 5.58 Å². The van der Waals surface area contributed by atoms with Crippen LogP contribution in [0.15, 0.2) is 71.2 Å². The average Bonchev–Trinajstić information content (AvgIpc) is 3.16. The molecule has 0 aliphatic rings. The van der Waals surface area contributed by atoms with E-state index in [1.807, 2.05) is 32.0 Å². The van der Waals surface area contributed by atoms with Crippen LogP contribution in [0.5, 0.6) is 0 Å². The van der Waals surface area contributed by atoms with Gasteiger partial charge in [0.05, 0.1) is 4.92 Å². The topological polar surface area (TPSA) is 98.3 Å². The minimum Gasteiger partial charge on any atom is -0.436 e. The van der Waals surface area contributed by atoms with Crippen LogP contribution in [0.2, 0.25) is 0 Å². The van der Waals surface area contributed by atoms with E-state index in [1.54, 1.807) is 30.3 Å². The standard InChI is InChI=1S/C24H19N3O4/c1-15-11-21-22(12-16(15)2)31-24(26-21)18-6-4-7-19(14-18)25-23(28)10-9-17-5-3-8-20(13-17)27(29)30/h3-14H,1-2H3,(H,25,28). The summed E-state index contributed by atoms with van der Waals surface area (Å²) in [6.07, 6.45) is 2.86. The Hall–Kier alpha value is -4.26. The Balaban J connectivity index is 1.51. The number of hydrogen-bond donors (Lipinski definition) is 1. The molecule has 0 fully saturated rings. The van der Waals surface area contributed by atoms with Gasteiger partial charge in [0.1, 0.15) is 5.52 Å². The number of fused-ring (bicyclic) bond motifs is 1. The lowest BCUT2D eigenvalue weighted by molar-refractivity contribution is -0.384. The molecular formula is C24H19N3O4. The molecule has 0 saturated carbocycles. The quantitative estimate of drug-likeness (QED) is 0.258. The number of amides is 1. The summed E-state index contributed by atoms with van der Waals surface area (Å²) < 4.78 is 5.89. The molecule has 1 N–H and O–H groups in total. The molecule has 0 aliphatic heterocycles. The van der Waals surface area contributed by atoms with E-state index in [1.165, 1.54) is 24.3 Å². The highest BCUT2D eigenvalue weighted by Crippen LogP contribution is 2.28. The molecule has 0 radical (unpaired) electrons. The number of nitro benzene ring substituents is 1. The van der Waals surface area contributed by atoms with Crippen molar-refractivity contribution < 1.29 is 14.1 Å². The third kappa shape index (κ3) is 4.51. The van der Waals surface area contributed by atoms with E-state index in [9.17, 15) is 14.9 Å². The van der Waals surface area contributed by atoms with Crippen LogP contribution < -0.4 is 5.32 Å². The Labute approximate surface area is 178 Å². The molecule has 1 heterocycles. The van der Waals surface area contributed by atoms with Gasteiger partial charge in [-0.2, -0.15) is 0 Å². The third-order valence-electron chi connectivity index (χ3n) is 4.89. The van der Waals surface area contributed by atoms with Gasteiger partial charge >= 0.3 is 0 Å². The lowest BCUT2D eigenvalue weighted by Crippen LogP contribution is -2.07. The number of anilines is 1. The van der Waals surface area contributed by atoms with Crippen LogP contribution in [0.1, 0.15) is 16.7 Å². The molecule has 1 aromatic heterocycles. The van der Waals surface area contributed by atoms with Crippen LogP contribution in [0.3, 0.4) is 0 Å². The number of nitrogens with one attached hydrogen (secondary N) is 1. The first kappa shape index (κ1) is 20.0. The molecule has 0 atom stereocenters. The highest BCUT2D eigenvalue weighted by Gasteiger charge is 2.11. The molecule has 31 heavy (non-hydrogen) atoms. The van der Waals surface area contributed by atoms with Gasteiger partial charge in [-0.3, -0.25) is 14.9 Å². The van der Waals surface area contributed by atoms with Crippen molar-refractivity contribution in [2.45, 2.75) is 13.8 Å². The van der Waals surface area contributed by atoms with Crippen LogP contribution in [0.4, 0.5) is 11.4 Å². The van der Waals surface area contributed by atoms with Gasteiger partial charge in [0.25, 0.3) is 5.69 Å². The van der Waals surface area contributed by atoms with Gasteiger partial charge in [0.2, 0.25) is 11.8 Å². The highest BCUT2D eigenvalue weighted by molar-refractivity contribution is 6.02. The van der Waals surface area contributed by atoms with Crippen LogP contribution in [0.25, 0.3) is 28.6 Å². The monoisotopic (exact) mass is 413 g/mol. The molecule has 3 aromatic carbocycles. The van der Waals surface area contributed by atoms with Gasteiger partial charge < -0.3 is 9.73 Å². The lowest BCUT2D eigenvalue weighted by Gasteiger charge is -2.03. The van der Waals surface area contributed by atoms with E-state index >= 15 is 0 Å². The summed E-state index contributed by atoms with van der Waals surface area (Å²) in [5, 5.41) is 13.6. The summed E-state index contributed by atoms with van der Waals surface area (Å²) in [5.41, 5.74) is 5.64. The Kier molecular flexibility index (Phi) is 5.32. The van der Waals surface area contributed by atoms with Crippen molar-refractivity contribution in [3.63, 3.8) is 0 Å². The molecule has 0 unspecified atom stereocenters.